The largest absolute Gasteiger partial charge is 0.378 e. The van der Waals surface area contributed by atoms with E-state index in [2.05, 4.69) is 32.3 Å². The number of rotatable bonds is 4. The average Bonchev–Trinajstić information content (AvgIpc) is 3.24. The van der Waals surface area contributed by atoms with Gasteiger partial charge >= 0.3 is 0 Å². The van der Waals surface area contributed by atoms with Gasteiger partial charge in [0.15, 0.2) is 0 Å². The lowest BCUT2D eigenvalue weighted by atomic mass is 10.2. The molecule has 2 aromatic rings. The Morgan fingerprint density at radius 1 is 1.00 bits per heavy atom. The van der Waals surface area contributed by atoms with Crippen molar-refractivity contribution in [2.24, 2.45) is 0 Å². The van der Waals surface area contributed by atoms with Crippen LogP contribution in [0.1, 0.15) is 23.3 Å². The smallest absolute Gasteiger partial charge is 0.272 e. The van der Waals surface area contributed by atoms with Gasteiger partial charge in [0.05, 0.1) is 13.2 Å². The summed E-state index contributed by atoms with van der Waals surface area (Å²) in [5.41, 5.74) is 2.55. The summed E-state index contributed by atoms with van der Waals surface area (Å²) in [6.45, 7) is 4.60. The molecule has 0 radical (unpaired) electrons. The Hall–Kier alpha value is -2.67. The normalized spacial score (nSPS) is 17.4. The first kappa shape index (κ1) is 16.8. The molecule has 136 valence electrons. The van der Waals surface area contributed by atoms with Gasteiger partial charge in [-0.15, -0.1) is 0 Å². The monoisotopic (exact) mass is 353 g/mol. The molecule has 0 unspecified atom stereocenters. The van der Waals surface area contributed by atoms with Gasteiger partial charge in [0.2, 0.25) is 5.95 Å². The molecule has 3 heterocycles. The first-order valence-electron chi connectivity index (χ1n) is 9.12. The van der Waals surface area contributed by atoms with E-state index < -0.39 is 0 Å². The summed E-state index contributed by atoms with van der Waals surface area (Å²) in [5, 5.41) is 3.18. The number of hydrogen-bond acceptors (Lipinski definition) is 6. The highest BCUT2D eigenvalue weighted by molar-refractivity contribution is 5.92. The summed E-state index contributed by atoms with van der Waals surface area (Å²) in [6, 6.07) is 9.91. The van der Waals surface area contributed by atoms with Gasteiger partial charge < -0.3 is 19.9 Å². The molecule has 0 atom stereocenters. The van der Waals surface area contributed by atoms with Crippen LogP contribution in [-0.2, 0) is 4.74 Å². The van der Waals surface area contributed by atoms with E-state index in [1.54, 1.807) is 17.2 Å². The highest BCUT2D eigenvalue weighted by Gasteiger charge is 2.20. The standard InChI is InChI=1S/C19H23N5O2/c25-18(24-11-13-26-14-12-24)17-7-8-20-19(22-17)21-15-3-5-16(6-4-15)23-9-1-2-10-23/h3-8H,1-2,9-14H2,(H,20,21,22). The van der Waals surface area contributed by atoms with Gasteiger partial charge in [0.25, 0.3) is 5.91 Å². The van der Waals surface area contributed by atoms with Crippen LogP contribution in [0.3, 0.4) is 0 Å². The molecule has 0 spiro atoms. The first-order chi connectivity index (χ1) is 12.8. The summed E-state index contributed by atoms with van der Waals surface area (Å²) in [4.78, 5) is 25.3. The molecule has 1 aromatic heterocycles. The number of hydrogen-bond donors (Lipinski definition) is 1. The molecule has 4 rings (SSSR count). The van der Waals surface area contributed by atoms with Crippen molar-refractivity contribution in [2.45, 2.75) is 12.8 Å². The van der Waals surface area contributed by atoms with E-state index in [9.17, 15) is 4.79 Å². The molecule has 7 nitrogen and oxygen atoms in total. The Labute approximate surface area is 153 Å². The lowest BCUT2D eigenvalue weighted by molar-refractivity contribution is 0.0299. The lowest BCUT2D eigenvalue weighted by Gasteiger charge is -2.26. The van der Waals surface area contributed by atoms with Crippen LogP contribution in [0.15, 0.2) is 36.5 Å². The third kappa shape index (κ3) is 3.77. The van der Waals surface area contributed by atoms with Crippen LogP contribution < -0.4 is 10.2 Å². The summed E-state index contributed by atoms with van der Waals surface area (Å²) in [5.74, 6) is 0.348. The Kier molecular flexibility index (Phi) is 4.97. The van der Waals surface area contributed by atoms with Gasteiger partial charge in [-0.05, 0) is 43.2 Å². The molecule has 0 saturated carbocycles. The van der Waals surface area contributed by atoms with E-state index in [-0.39, 0.29) is 5.91 Å². The second-order valence-corrected chi connectivity index (χ2v) is 6.54. The van der Waals surface area contributed by atoms with Crippen molar-refractivity contribution in [3.05, 3.63) is 42.2 Å². The van der Waals surface area contributed by atoms with Crippen molar-refractivity contribution in [1.82, 2.24) is 14.9 Å². The van der Waals surface area contributed by atoms with Crippen molar-refractivity contribution in [3.63, 3.8) is 0 Å². The van der Waals surface area contributed by atoms with Crippen LogP contribution in [0.4, 0.5) is 17.3 Å². The number of carbonyl (C=O) groups is 1. The number of morpholine rings is 1. The zero-order valence-electron chi connectivity index (χ0n) is 14.7. The third-order valence-electron chi connectivity index (χ3n) is 4.77. The molecule has 26 heavy (non-hydrogen) atoms. The molecular weight excluding hydrogens is 330 g/mol. The van der Waals surface area contributed by atoms with E-state index in [1.165, 1.54) is 18.5 Å². The molecule has 7 heteroatoms. The zero-order valence-corrected chi connectivity index (χ0v) is 14.7. The van der Waals surface area contributed by atoms with E-state index in [0.29, 0.717) is 37.9 Å². The molecule has 2 fully saturated rings. The number of ether oxygens (including phenoxy) is 1. The van der Waals surface area contributed by atoms with Gasteiger partial charge in [-0.1, -0.05) is 0 Å². The molecule has 2 aliphatic heterocycles. The maximum atomic E-state index is 12.5. The van der Waals surface area contributed by atoms with E-state index in [0.717, 1.165) is 18.8 Å². The van der Waals surface area contributed by atoms with E-state index in [1.807, 2.05) is 12.1 Å². The highest BCUT2D eigenvalue weighted by Crippen LogP contribution is 2.23. The van der Waals surface area contributed by atoms with Gasteiger partial charge in [-0.2, -0.15) is 0 Å². The Bertz CT molecular complexity index is 753. The zero-order chi connectivity index (χ0) is 17.8. The molecule has 0 bridgehead atoms. The lowest BCUT2D eigenvalue weighted by Crippen LogP contribution is -2.41. The number of nitrogens with one attached hydrogen (secondary N) is 1. The van der Waals surface area contributed by atoms with E-state index in [4.69, 9.17) is 4.74 Å². The Morgan fingerprint density at radius 2 is 1.73 bits per heavy atom. The summed E-state index contributed by atoms with van der Waals surface area (Å²) < 4.78 is 5.29. The van der Waals surface area contributed by atoms with Crippen LogP contribution >= 0.6 is 0 Å². The number of amides is 1. The number of anilines is 3. The minimum Gasteiger partial charge on any atom is -0.378 e. The fourth-order valence-electron chi connectivity index (χ4n) is 3.33. The second kappa shape index (κ2) is 7.70. The highest BCUT2D eigenvalue weighted by atomic mass is 16.5. The number of aromatic nitrogens is 2. The summed E-state index contributed by atoms with van der Waals surface area (Å²) in [6.07, 6.45) is 4.14. The Morgan fingerprint density at radius 3 is 2.46 bits per heavy atom. The quantitative estimate of drug-likeness (QED) is 0.909. The van der Waals surface area contributed by atoms with Crippen LogP contribution in [0, 0.1) is 0 Å². The van der Waals surface area contributed by atoms with E-state index >= 15 is 0 Å². The van der Waals surface area contributed by atoms with Crippen molar-refractivity contribution in [1.29, 1.82) is 0 Å². The fraction of sp³-hybridized carbons (Fsp3) is 0.421. The minimum atomic E-state index is -0.0804. The van der Waals surface area contributed by atoms with Gasteiger partial charge in [0.1, 0.15) is 5.69 Å². The van der Waals surface area contributed by atoms with Crippen molar-refractivity contribution in [2.75, 3.05) is 49.6 Å². The van der Waals surface area contributed by atoms with Gasteiger partial charge in [-0.3, -0.25) is 4.79 Å². The minimum absolute atomic E-state index is 0.0804. The van der Waals surface area contributed by atoms with Crippen LogP contribution in [0.2, 0.25) is 0 Å². The predicted octanol–water partition coefficient (Wildman–Crippen LogP) is 2.29. The molecule has 1 aromatic carbocycles. The van der Waals surface area contributed by atoms with Crippen molar-refractivity contribution in [3.8, 4) is 0 Å². The van der Waals surface area contributed by atoms with Crippen LogP contribution in [0.25, 0.3) is 0 Å². The molecule has 0 aliphatic carbocycles. The van der Waals surface area contributed by atoms with Crippen molar-refractivity contribution >= 4 is 23.2 Å². The third-order valence-corrected chi connectivity index (χ3v) is 4.77. The summed E-state index contributed by atoms with van der Waals surface area (Å²) >= 11 is 0. The molecular formula is C19H23N5O2. The Balaban J connectivity index is 1.44. The second-order valence-electron chi connectivity index (χ2n) is 6.54. The number of benzene rings is 1. The topological polar surface area (TPSA) is 70.6 Å². The molecule has 2 aliphatic rings. The van der Waals surface area contributed by atoms with Crippen molar-refractivity contribution < 1.29 is 9.53 Å². The van der Waals surface area contributed by atoms with Crippen LogP contribution in [0.5, 0.6) is 0 Å². The maximum Gasteiger partial charge on any atom is 0.272 e. The molecule has 2 saturated heterocycles. The number of nitrogens with zero attached hydrogens (tertiary/aromatic N) is 4. The predicted molar refractivity (Wildman–Crippen MR) is 99.9 cm³/mol. The first-order valence-corrected chi connectivity index (χ1v) is 9.12. The van der Waals surface area contributed by atoms with Crippen LogP contribution in [-0.4, -0.2) is 60.2 Å². The number of carbonyl (C=O) groups excluding carboxylic acids is 1. The SMILES string of the molecule is O=C(c1ccnc(Nc2ccc(N3CCCC3)cc2)n1)N1CCOCC1. The summed E-state index contributed by atoms with van der Waals surface area (Å²) in [7, 11) is 0. The van der Waals surface area contributed by atoms with Gasteiger partial charge in [-0.25, -0.2) is 9.97 Å². The maximum absolute atomic E-state index is 12.5. The fourth-order valence-corrected chi connectivity index (χ4v) is 3.33. The average molecular weight is 353 g/mol. The van der Waals surface area contributed by atoms with Gasteiger partial charge in [0, 0.05) is 43.8 Å². The molecule has 1 N–H and O–H groups in total. The molecule has 1 amide bonds.